The first-order valence-corrected chi connectivity index (χ1v) is 6.61. The predicted octanol–water partition coefficient (Wildman–Crippen LogP) is 0.488. The van der Waals surface area contributed by atoms with E-state index in [0.29, 0.717) is 17.5 Å². The van der Waals surface area contributed by atoms with E-state index in [4.69, 9.17) is 0 Å². The Morgan fingerprint density at radius 3 is 2.25 bits per heavy atom. The minimum Gasteiger partial charge on any atom is -0.345 e. The summed E-state index contributed by atoms with van der Waals surface area (Å²) in [6, 6.07) is 0. The zero-order valence-electron chi connectivity index (χ0n) is 12.0. The van der Waals surface area contributed by atoms with Crippen molar-refractivity contribution in [3.63, 3.8) is 0 Å². The Balaban J connectivity index is 2.34. The Kier molecular flexibility index (Phi) is 5.66. The van der Waals surface area contributed by atoms with E-state index in [0.717, 1.165) is 0 Å². The van der Waals surface area contributed by atoms with Crippen molar-refractivity contribution in [1.29, 1.82) is 0 Å². The summed E-state index contributed by atoms with van der Waals surface area (Å²) >= 11 is 0. The molecule has 0 spiro atoms. The Morgan fingerprint density at radius 2 is 1.75 bits per heavy atom. The maximum atomic E-state index is 11.7. The number of carbonyl (C=O) groups is 4. The number of carbonyl (C=O) groups excluding carboxylic acids is 4. The van der Waals surface area contributed by atoms with E-state index in [1.165, 1.54) is 0 Å². The van der Waals surface area contributed by atoms with Crippen molar-refractivity contribution >= 4 is 23.7 Å². The van der Waals surface area contributed by atoms with Gasteiger partial charge in [0.05, 0.1) is 6.42 Å². The van der Waals surface area contributed by atoms with Gasteiger partial charge in [0.1, 0.15) is 0 Å². The van der Waals surface area contributed by atoms with E-state index in [2.05, 4.69) is 4.84 Å². The average molecular weight is 284 g/mol. The van der Waals surface area contributed by atoms with Gasteiger partial charge in [-0.05, 0) is 5.92 Å². The minimum absolute atomic E-state index is 0.00171. The highest BCUT2D eigenvalue weighted by Gasteiger charge is 2.32. The zero-order valence-corrected chi connectivity index (χ0v) is 12.0. The van der Waals surface area contributed by atoms with Crippen molar-refractivity contribution < 1.29 is 24.0 Å². The third-order valence-corrected chi connectivity index (χ3v) is 2.81. The third kappa shape index (κ3) is 4.64. The summed E-state index contributed by atoms with van der Waals surface area (Å²) in [7, 11) is 1.67. The van der Waals surface area contributed by atoms with Gasteiger partial charge >= 0.3 is 5.97 Å². The van der Waals surface area contributed by atoms with Gasteiger partial charge in [-0.3, -0.25) is 14.4 Å². The Labute approximate surface area is 117 Å². The normalized spacial score (nSPS) is 14.9. The molecule has 0 atom stereocenters. The Bertz CT molecular complexity index is 403. The molecular weight excluding hydrogens is 264 g/mol. The lowest BCUT2D eigenvalue weighted by molar-refractivity contribution is -0.197. The van der Waals surface area contributed by atoms with Crippen molar-refractivity contribution in [1.82, 2.24) is 9.96 Å². The highest BCUT2D eigenvalue weighted by atomic mass is 16.7. The number of rotatable bonds is 6. The summed E-state index contributed by atoms with van der Waals surface area (Å²) in [5.74, 6) is -1.62. The van der Waals surface area contributed by atoms with Crippen LogP contribution < -0.4 is 0 Å². The molecule has 0 aromatic heterocycles. The van der Waals surface area contributed by atoms with Crippen LogP contribution in [0.4, 0.5) is 0 Å². The van der Waals surface area contributed by atoms with Crippen molar-refractivity contribution in [2.75, 3.05) is 13.6 Å². The molecule has 0 N–H and O–H groups in total. The van der Waals surface area contributed by atoms with Gasteiger partial charge in [-0.25, -0.2) is 4.79 Å². The smallest absolute Gasteiger partial charge is 0.333 e. The molecule has 20 heavy (non-hydrogen) atoms. The average Bonchev–Trinajstić information content (AvgIpc) is 2.66. The van der Waals surface area contributed by atoms with Crippen LogP contribution in [0.15, 0.2) is 0 Å². The molecule has 1 fully saturated rings. The number of imide groups is 1. The molecule has 0 radical (unpaired) electrons. The largest absolute Gasteiger partial charge is 0.345 e. The van der Waals surface area contributed by atoms with Gasteiger partial charge in [0.15, 0.2) is 0 Å². The van der Waals surface area contributed by atoms with Crippen molar-refractivity contribution in [2.45, 2.75) is 39.5 Å². The SMILES string of the molecule is CC(C)CN(C)C(=O)CCC(=O)ON1C(=O)CCC1=O. The van der Waals surface area contributed by atoms with Gasteiger partial charge in [-0.15, -0.1) is 5.06 Å². The van der Waals surface area contributed by atoms with E-state index in [1.54, 1.807) is 11.9 Å². The fourth-order valence-electron chi connectivity index (χ4n) is 1.85. The van der Waals surface area contributed by atoms with Crippen LogP contribution in [-0.2, 0) is 24.0 Å². The summed E-state index contributed by atoms with van der Waals surface area (Å²) in [5, 5.41) is 0.491. The first-order valence-electron chi connectivity index (χ1n) is 6.61. The predicted molar refractivity (Wildman–Crippen MR) is 68.9 cm³/mol. The fourth-order valence-corrected chi connectivity index (χ4v) is 1.85. The zero-order chi connectivity index (χ0) is 15.3. The highest BCUT2D eigenvalue weighted by molar-refractivity contribution is 6.01. The van der Waals surface area contributed by atoms with Crippen molar-refractivity contribution in [3.8, 4) is 0 Å². The van der Waals surface area contributed by atoms with Crippen LogP contribution in [0, 0.1) is 5.92 Å². The fraction of sp³-hybridized carbons (Fsp3) is 0.692. The molecule has 0 unspecified atom stereocenters. The van der Waals surface area contributed by atoms with Gasteiger partial charge < -0.3 is 9.74 Å². The van der Waals surface area contributed by atoms with Crippen molar-refractivity contribution in [2.24, 2.45) is 5.92 Å². The quantitative estimate of drug-likeness (QED) is 0.663. The topological polar surface area (TPSA) is 84.0 Å². The second-order valence-electron chi connectivity index (χ2n) is 5.21. The van der Waals surface area contributed by atoms with Crippen LogP contribution in [0.2, 0.25) is 0 Å². The van der Waals surface area contributed by atoms with Crippen LogP contribution in [0.25, 0.3) is 0 Å². The number of amides is 3. The van der Waals surface area contributed by atoms with E-state index < -0.39 is 17.8 Å². The molecule has 1 saturated heterocycles. The monoisotopic (exact) mass is 284 g/mol. The third-order valence-electron chi connectivity index (χ3n) is 2.81. The standard InChI is InChI=1S/C13H20N2O5/c1-9(2)8-14(3)10(16)6-7-13(19)20-15-11(17)4-5-12(15)18/h9H,4-8H2,1-3H3. The molecule has 3 amide bonds. The molecule has 0 aromatic carbocycles. The molecule has 7 heteroatoms. The van der Waals surface area contributed by atoms with E-state index in [1.807, 2.05) is 13.8 Å². The van der Waals surface area contributed by atoms with Crippen molar-refractivity contribution in [3.05, 3.63) is 0 Å². The first-order chi connectivity index (χ1) is 9.31. The van der Waals surface area contributed by atoms with Gasteiger partial charge in [0.25, 0.3) is 11.8 Å². The summed E-state index contributed by atoms with van der Waals surface area (Å²) in [6.07, 6.45) is -0.0407. The van der Waals surface area contributed by atoms with Gasteiger partial charge in [0, 0.05) is 32.9 Å². The molecule has 1 aliphatic rings. The van der Waals surface area contributed by atoms with Crippen LogP contribution >= 0.6 is 0 Å². The number of hydrogen-bond donors (Lipinski definition) is 0. The lowest BCUT2D eigenvalue weighted by Gasteiger charge is -2.19. The van der Waals surface area contributed by atoms with Gasteiger partial charge in [0.2, 0.25) is 5.91 Å². The lowest BCUT2D eigenvalue weighted by Crippen LogP contribution is -2.33. The molecule has 0 aromatic rings. The maximum Gasteiger partial charge on any atom is 0.333 e. The van der Waals surface area contributed by atoms with Crippen LogP contribution in [-0.4, -0.2) is 47.2 Å². The second-order valence-corrected chi connectivity index (χ2v) is 5.21. The maximum absolute atomic E-state index is 11.7. The molecule has 1 rings (SSSR count). The van der Waals surface area contributed by atoms with E-state index in [-0.39, 0.29) is 31.6 Å². The molecule has 7 nitrogen and oxygen atoms in total. The molecule has 1 heterocycles. The van der Waals surface area contributed by atoms with Crippen LogP contribution in [0.3, 0.4) is 0 Å². The summed E-state index contributed by atoms with van der Waals surface area (Å²) < 4.78 is 0. The Morgan fingerprint density at radius 1 is 1.20 bits per heavy atom. The molecule has 0 aliphatic carbocycles. The molecule has 1 aliphatic heterocycles. The summed E-state index contributed by atoms with van der Waals surface area (Å²) in [5.41, 5.74) is 0. The van der Waals surface area contributed by atoms with Gasteiger partial charge in [-0.1, -0.05) is 13.8 Å². The highest BCUT2D eigenvalue weighted by Crippen LogP contribution is 2.13. The lowest BCUT2D eigenvalue weighted by atomic mass is 10.2. The first kappa shape index (κ1) is 16.1. The molecule has 0 bridgehead atoms. The van der Waals surface area contributed by atoms with E-state index >= 15 is 0 Å². The number of hydroxylamine groups is 2. The summed E-state index contributed by atoms with van der Waals surface area (Å²) in [6.45, 7) is 4.59. The molecular formula is C13H20N2O5. The Hall–Kier alpha value is -1.92. The second kappa shape index (κ2) is 7.02. The minimum atomic E-state index is -0.750. The number of hydrogen-bond acceptors (Lipinski definition) is 5. The van der Waals surface area contributed by atoms with Crippen LogP contribution in [0.5, 0.6) is 0 Å². The van der Waals surface area contributed by atoms with Crippen LogP contribution in [0.1, 0.15) is 39.5 Å². The number of nitrogens with zero attached hydrogens (tertiary/aromatic N) is 2. The molecule has 112 valence electrons. The summed E-state index contributed by atoms with van der Waals surface area (Å²) in [4.78, 5) is 51.9. The van der Waals surface area contributed by atoms with E-state index in [9.17, 15) is 19.2 Å². The van der Waals surface area contributed by atoms with Gasteiger partial charge in [-0.2, -0.15) is 0 Å². The molecule has 0 saturated carbocycles.